The topological polar surface area (TPSA) is 80.4 Å². The van der Waals surface area contributed by atoms with Crippen molar-refractivity contribution in [2.24, 2.45) is 4.99 Å². The van der Waals surface area contributed by atoms with Crippen LogP contribution in [-0.4, -0.2) is 17.1 Å². The number of nitrogens with one attached hydrogen (secondary N) is 1. The molecule has 0 radical (unpaired) electrons. The molecule has 0 bridgehead atoms. The van der Waals surface area contributed by atoms with Gasteiger partial charge in [-0.25, -0.2) is 4.98 Å². The van der Waals surface area contributed by atoms with Crippen molar-refractivity contribution in [3.05, 3.63) is 106 Å². The summed E-state index contributed by atoms with van der Waals surface area (Å²) in [7, 11) is 0. The highest BCUT2D eigenvalue weighted by atomic mass is 35.5. The molecule has 4 aromatic rings. The monoisotopic (exact) mass is 478 g/mol. The van der Waals surface area contributed by atoms with Crippen molar-refractivity contribution in [2.45, 2.75) is 13.8 Å². The van der Waals surface area contributed by atoms with Crippen molar-refractivity contribution in [3.8, 4) is 11.8 Å². The van der Waals surface area contributed by atoms with E-state index in [4.69, 9.17) is 17.3 Å². The van der Waals surface area contributed by atoms with E-state index in [1.807, 2.05) is 56.3 Å². The van der Waals surface area contributed by atoms with Crippen molar-refractivity contribution in [1.82, 2.24) is 4.98 Å². The second-order valence-corrected chi connectivity index (χ2v) is 8.11. The zero-order valence-corrected chi connectivity index (χ0v) is 20.1. The lowest BCUT2D eigenvalue weighted by Gasteiger charge is -2.08. The van der Waals surface area contributed by atoms with Gasteiger partial charge < -0.3 is 11.1 Å². The molecule has 5 nitrogen and oxygen atoms in total. The van der Waals surface area contributed by atoms with Crippen molar-refractivity contribution >= 4 is 51.7 Å². The van der Waals surface area contributed by atoms with Crippen LogP contribution in [0.2, 0.25) is 5.02 Å². The maximum atomic E-state index is 12.8. The molecule has 0 fully saturated rings. The Labute approximate surface area is 209 Å². The van der Waals surface area contributed by atoms with Crippen LogP contribution in [0.15, 0.2) is 84.0 Å². The van der Waals surface area contributed by atoms with Crippen molar-refractivity contribution < 1.29 is 4.79 Å². The predicted molar refractivity (Wildman–Crippen MR) is 146 cm³/mol. The minimum Gasteiger partial charge on any atom is -0.383 e. The molecule has 3 N–H and O–H groups in total. The van der Waals surface area contributed by atoms with Crippen LogP contribution >= 0.6 is 11.6 Å². The fourth-order valence-electron chi connectivity index (χ4n) is 3.58. The molecular formula is C29H23ClN4O. The van der Waals surface area contributed by atoms with Gasteiger partial charge in [-0.2, -0.15) is 0 Å². The van der Waals surface area contributed by atoms with Crippen LogP contribution in [0.5, 0.6) is 0 Å². The number of rotatable bonds is 4. The second-order valence-electron chi connectivity index (χ2n) is 7.67. The van der Waals surface area contributed by atoms with Crippen LogP contribution in [0.3, 0.4) is 0 Å². The fraction of sp³-hybridized carbons (Fsp3) is 0.0690. The Hall–Kier alpha value is -4.40. The van der Waals surface area contributed by atoms with E-state index < -0.39 is 0 Å². The summed E-state index contributed by atoms with van der Waals surface area (Å²) in [5, 5.41) is 5.30. The second kappa shape index (κ2) is 10.7. The summed E-state index contributed by atoms with van der Waals surface area (Å²) < 4.78 is 0. The van der Waals surface area contributed by atoms with E-state index in [-0.39, 0.29) is 5.91 Å². The molecular weight excluding hydrogens is 456 g/mol. The summed E-state index contributed by atoms with van der Waals surface area (Å²) >= 11 is 6.15. The smallest absolute Gasteiger partial charge is 0.255 e. The van der Waals surface area contributed by atoms with Gasteiger partial charge in [-0.1, -0.05) is 47.7 Å². The normalized spacial score (nSPS) is 11.3. The minimum absolute atomic E-state index is 0.209. The maximum Gasteiger partial charge on any atom is 0.255 e. The molecule has 0 aliphatic rings. The van der Waals surface area contributed by atoms with E-state index in [0.29, 0.717) is 27.7 Å². The number of benzene rings is 3. The summed E-state index contributed by atoms with van der Waals surface area (Å²) in [6.07, 6.45) is 5.37. The van der Waals surface area contributed by atoms with Gasteiger partial charge in [0.1, 0.15) is 5.82 Å². The molecule has 6 heteroatoms. The first-order valence-electron chi connectivity index (χ1n) is 11.0. The van der Waals surface area contributed by atoms with E-state index in [0.717, 1.165) is 27.6 Å². The Morgan fingerprint density at radius 1 is 1.03 bits per heavy atom. The summed E-state index contributed by atoms with van der Waals surface area (Å²) in [6, 6.07) is 20.2. The number of nitrogens with two attached hydrogens (primary N) is 1. The molecule has 0 saturated carbocycles. The number of anilines is 2. The van der Waals surface area contributed by atoms with E-state index in [2.05, 4.69) is 27.1 Å². The number of aromatic nitrogens is 1. The SMILES string of the molecule is CC=N/C(=C\C)c1cccc(NC(=O)c2ccc(C#Cc3c(N)ncc4ccc(Cl)cc34)cc2)c1. The summed E-state index contributed by atoms with van der Waals surface area (Å²) in [6.45, 7) is 3.80. The maximum absolute atomic E-state index is 12.8. The predicted octanol–water partition coefficient (Wildman–Crippen LogP) is 6.57. The third-order valence-corrected chi connectivity index (χ3v) is 5.56. The number of aliphatic imine (C=N–C) groups is 1. The van der Waals surface area contributed by atoms with Crippen molar-refractivity contribution in [3.63, 3.8) is 0 Å². The van der Waals surface area contributed by atoms with E-state index in [9.17, 15) is 4.79 Å². The van der Waals surface area contributed by atoms with Gasteiger partial charge in [0.05, 0.1) is 11.3 Å². The van der Waals surface area contributed by atoms with Crippen molar-refractivity contribution in [2.75, 3.05) is 11.1 Å². The molecule has 1 heterocycles. The lowest BCUT2D eigenvalue weighted by atomic mass is 10.1. The van der Waals surface area contributed by atoms with Gasteiger partial charge in [0.15, 0.2) is 0 Å². The lowest BCUT2D eigenvalue weighted by Crippen LogP contribution is -2.11. The van der Waals surface area contributed by atoms with Gasteiger partial charge in [-0.05, 0) is 62.4 Å². The van der Waals surface area contributed by atoms with Crippen molar-refractivity contribution in [1.29, 1.82) is 0 Å². The molecule has 1 aromatic heterocycles. The Morgan fingerprint density at radius 2 is 1.83 bits per heavy atom. The van der Waals surface area contributed by atoms with Gasteiger partial charge in [0.25, 0.3) is 5.91 Å². The van der Waals surface area contributed by atoms with Crippen LogP contribution in [0.1, 0.15) is 40.9 Å². The third-order valence-electron chi connectivity index (χ3n) is 5.32. The number of fused-ring (bicyclic) bond motifs is 1. The van der Waals surface area contributed by atoms with Crippen LogP contribution in [0, 0.1) is 11.8 Å². The number of amides is 1. The van der Waals surface area contributed by atoms with Crippen LogP contribution in [0.25, 0.3) is 16.5 Å². The van der Waals surface area contributed by atoms with Crippen LogP contribution in [-0.2, 0) is 0 Å². The number of halogens is 1. The van der Waals surface area contributed by atoms with Gasteiger partial charge in [0, 0.05) is 50.6 Å². The zero-order chi connectivity index (χ0) is 24.8. The molecule has 0 aliphatic heterocycles. The van der Waals surface area contributed by atoms with Crippen LogP contribution < -0.4 is 11.1 Å². The standard InChI is InChI=1S/C29H23ClN4O/c1-3-27(32-4-2)21-6-5-7-24(16-21)34-29(35)20-11-8-19(9-12-20)10-15-25-26-17-23(30)14-13-22(26)18-33-28(25)31/h3-9,11-14,16-18H,1-2H3,(H2,31,33)(H,34,35)/b27-3-,32-4?. The number of nitrogens with zero attached hydrogens (tertiary/aromatic N) is 2. The number of carbonyl (C=O) groups excluding carboxylic acids is 1. The lowest BCUT2D eigenvalue weighted by molar-refractivity contribution is 0.102. The average Bonchev–Trinajstić information content (AvgIpc) is 2.87. The first-order valence-corrected chi connectivity index (χ1v) is 11.4. The van der Waals surface area contributed by atoms with Crippen LogP contribution in [0.4, 0.5) is 11.5 Å². The summed E-state index contributed by atoms with van der Waals surface area (Å²) in [5.41, 5.74) is 10.4. The first kappa shape index (κ1) is 23.7. The first-order chi connectivity index (χ1) is 17.0. The molecule has 3 aromatic carbocycles. The Morgan fingerprint density at radius 3 is 2.57 bits per heavy atom. The number of carbonyl (C=O) groups is 1. The number of pyridine rings is 1. The molecule has 0 atom stereocenters. The van der Waals surface area contributed by atoms with E-state index in [1.54, 1.807) is 42.7 Å². The Balaban J connectivity index is 1.53. The Bertz CT molecular complexity index is 1520. The fourth-order valence-corrected chi connectivity index (χ4v) is 3.76. The Kier molecular flexibility index (Phi) is 7.25. The van der Waals surface area contributed by atoms with E-state index >= 15 is 0 Å². The van der Waals surface area contributed by atoms with E-state index in [1.165, 1.54) is 0 Å². The zero-order valence-electron chi connectivity index (χ0n) is 19.3. The molecule has 4 rings (SSSR count). The van der Waals surface area contributed by atoms with Gasteiger partial charge in [0.2, 0.25) is 0 Å². The highest BCUT2D eigenvalue weighted by Crippen LogP contribution is 2.25. The molecule has 0 saturated heterocycles. The minimum atomic E-state index is -0.209. The number of hydrogen-bond acceptors (Lipinski definition) is 4. The quantitative estimate of drug-likeness (QED) is 0.257. The molecule has 0 unspecified atom stereocenters. The van der Waals surface area contributed by atoms with Gasteiger partial charge in [-0.15, -0.1) is 0 Å². The molecule has 172 valence electrons. The highest BCUT2D eigenvalue weighted by Gasteiger charge is 2.08. The molecule has 0 aliphatic carbocycles. The average molecular weight is 479 g/mol. The molecule has 0 spiro atoms. The van der Waals surface area contributed by atoms with Gasteiger partial charge in [-0.3, -0.25) is 9.79 Å². The number of nitrogen functional groups attached to an aromatic ring is 1. The van der Waals surface area contributed by atoms with Gasteiger partial charge >= 0.3 is 0 Å². The number of allylic oxidation sites excluding steroid dienone is 1. The largest absolute Gasteiger partial charge is 0.383 e. The summed E-state index contributed by atoms with van der Waals surface area (Å²) in [5.74, 6) is 6.35. The highest BCUT2D eigenvalue weighted by molar-refractivity contribution is 6.31. The third kappa shape index (κ3) is 5.57. The molecule has 1 amide bonds. The number of hydrogen-bond donors (Lipinski definition) is 2. The molecule has 35 heavy (non-hydrogen) atoms. The summed E-state index contributed by atoms with van der Waals surface area (Å²) in [4.78, 5) is 21.4.